The number of sulfonamides is 1. The number of hydrogen-bond donors (Lipinski definition) is 1. The van der Waals surface area contributed by atoms with Crippen LogP contribution in [0.15, 0.2) is 29.2 Å². The molecule has 1 amide bonds. The molecule has 6 nitrogen and oxygen atoms in total. The fraction of sp³-hybridized carbons (Fsp3) is 0.588. The van der Waals surface area contributed by atoms with Crippen molar-refractivity contribution in [2.24, 2.45) is 11.1 Å². The van der Waals surface area contributed by atoms with Crippen molar-refractivity contribution in [3.05, 3.63) is 29.3 Å². The Labute approximate surface area is 167 Å². The summed E-state index contributed by atoms with van der Waals surface area (Å²) in [6.45, 7) is 5.48. The molecule has 0 bridgehead atoms. The quantitative estimate of drug-likeness (QED) is 0.760. The lowest BCUT2D eigenvalue weighted by molar-refractivity contribution is -0.143. The van der Waals surface area contributed by atoms with E-state index in [2.05, 4.69) is 0 Å². The van der Waals surface area contributed by atoms with Gasteiger partial charge in [-0.3, -0.25) is 4.79 Å². The average molecular weight is 424 g/mol. The van der Waals surface area contributed by atoms with Crippen molar-refractivity contribution in [2.45, 2.75) is 31.6 Å². The van der Waals surface area contributed by atoms with E-state index in [1.165, 1.54) is 10.4 Å². The molecular weight excluding hydrogens is 397 g/mol. The van der Waals surface area contributed by atoms with Crippen LogP contribution >= 0.6 is 24.0 Å². The predicted molar refractivity (Wildman–Crippen MR) is 106 cm³/mol. The van der Waals surface area contributed by atoms with Crippen molar-refractivity contribution >= 4 is 39.9 Å². The van der Waals surface area contributed by atoms with E-state index in [4.69, 9.17) is 17.3 Å². The molecule has 148 valence electrons. The first-order valence-electron chi connectivity index (χ1n) is 8.56. The second-order valence-corrected chi connectivity index (χ2v) is 8.63. The number of nitrogens with two attached hydrogens (primary N) is 1. The minimum atomic E-state index is -3.66. The van der Waals surface area contributed by atoms with Crippen molar-refractivity contribution in [1.82, 2.24) is 9.21 Å². The third-order valence-corrected chi connectivity index (χ3v) is 7.58. The molecule has 0 atom stereocenters. The summed E-state index contributed by atoms with van der Waals surface area (Å²) in [5.41, 5.74) is 5.31. The second-order valence-electron chi connectivity index (χ2n) is 6.32. The Hall–Kier alpha value is -0.860. The van der Waals surface area contributed by atoms with Gasteiger partial charge in [0.25, 0.3) is 0 Å². The summed E-state index contributed by atoms with van der Waals surface area (Å²) in [7, 11) is -3.66. The van der Waals surface area contributed by atoms with Gasteiger partial charge in [0.1, 0.15) is 4.90 Å². The van der Waals surface area contributed by atoms with E-state index in [-0.39, 0.29) is 41.3 Å². The third-order valence-electron chi connectivity index (χ3n) is 5.18. The average Bonchev–Trinajstić information content (AvgIpc) is 2.64. The van der Waals surface area contributed by atoms with E-state index in [0.29, 0.717) is 32.5 Å². The highest BCUT2D eigenvalue weighted by Crippen LogP contribution is 2.29. The Bertz CT molecular complexity index is 707. The minimum Gasteiger partial charge on any atom is -0.340 e. The molecular formula is C17H27Cl2N3O3S. The molecule has 1 aliphatic rings. The lowest BCUT2D eigenvalue weighted by atomic mass is 9.81. The number of nitrogens with zero attached hydrogens (tertiary/aromatic N) is 2. The molecule has 9 heteroatoms. The molecule has 1 aromatic rings. The molecule has 0 aliphatic carbocycles. The van der Waals surface area contributed by atoms with Crippen LogP contribution < -0.4 is 5.73 Å². The zero-order chi connectivity index (χ0) is 18.7. The number of halogens is 2. The Morgan fingerprint density at radius 2 is 1.69 bits per heavy atom. The van der Waals surface area contributed by atoms with Gasteiger partial charge in [0, 0.05) is 32.7 Å². The fourth-order valence-corrected chi connectivity index (χ4v) is 5.10. The fourth-order valence-electron chi connectivity index (χ4n) is 3.19. The summed E-state index contributed by atoms with van der Waals surface area (Å²) < 4.78 is 26.9. The van der Waals surface area contributed by atoms with Crippen molar-refractivity contribution in [3.8, 4) is 0 Å². The first-order chi connectivity index (χ1) is 11.8. The van der Waals surface area contributed by atoms with Crippen molar-refractivity contribution in [1.29, 1.82) is 0 Å². The Kier molecular flexibility index (Phi) is 8.35. The molecule has 1 saturated heterocycles. The number of benzene rings is 1. The molecule has 1 aromatic carbocycles. The molecule has 26 heavy (non-hydrogen) atoms. The van der Waals surface area contributed by atoms with Crippen LogP contribution in [-0.2, 0) is 14.8 Å². The lowest BCUT2D eigenvalue weighted by Gasteiger charge is -2.39. The van der Waals surface area contributed by atoms with Crippen molar-refractivity contribution < 1.29 is 13.2 Å². The van der Waals surface area contributed by atoms with Crippen LogP contribution in [0.3, 0.4) is 0 Å². The minimum absolute atomic E-state index is 0. The van der Waals surface area contributed by atoms with Crippen LogP contribution in [0.2, 0.25) is 5.02 Å². The third kappa shape index (κ3) is 4.34. The molecule has 0 radical (unpaired) electrons. The number of piperazine rings is 1. The van der Waals surface area contributed by atoms with Gasteiger partial charge in [-0.1, -0.05) is 37.6 Å². The number of rotatable bonds is 6. The highest BCUT2D eigenvalue weighted by atomic mass is 35.5. The van der Waals surface area contributed by atoms with Gasteiger partial charge in [-0.2, -0.15) is 4.31 Å². The van der Waals surface area contributed by atoms with Crippen LogP contribution in [0.4, 0.5) is 0 Å². The zero-order valence-electron chi connectivity index (χ0n) is 15.2. The second kappa shape index (κ2) is 9.37. The van der Waals surface area contributed by atoms with Crippen molar-refractivity contribution in [3.63, 3.8) is 0 Å². The smallest absolute Gasteiger partial charge is 0.244 e. The molecule has 1 heterocycles. The summed E-state index contributed by atoms with van der Waals surface area (Å²) >= 11 is 6.04. The van der Waals surface area contributed by atoms with Gasteiger partial charge in [0.05, 0.1) is 10.4 Å². The van der Waals surface area contributed by atoms with E-state index in [1.807, 2.05) is 13.8 Å². The van der Waals surface area contributed by atoms with Crippen LogP contribution in [0, 0.1) is 5.41 Å². The number of hydrogen-bond acceptors (Lipinski definition) is 4. The van der Waals surface area contributed by atoms with Crippen LogP contribution in [0.5, 0.6) is 0 Å². The lowest BCUT2D eigenvalue weighted by Crippen LogP contribution is -2.55. The van der Waals surface area contributed by atoms with Gasteiger partial charge < -0.3 is 10.6 Å². The summed E-state index contributed by atoms with van der Waals surface area (Å²) in [5.74, 6) is 0.0230. The highest BCUT2D eigenvalue weighted by molar-refractivity contribution is 7.89. The Morgan fingerprint density at radius 3 is 2.15 bits per heavy atom. The SMILES string of the molecule is CCC(CC)(CN)C(=O)N1CCN(S(=O)(=O)c2ccccc2Cl)CC1.Cl. The first kappa shape index (κ1) is 23.2. The van der Waals surface area contributed by atoms with E-state index in [1.54, 1.807) is 23.1 Å². The van der Waals surface area contributed by atoms with Gasteiger partial charge in [0.15, 0.2) is 0 Å². The largest absolute Gasteiger partial charge is 0.340 e. The van der Waals surface area contributed by atoms with Crippen LogP contribution in [-0.4, -0.2) is 56.3 Å². The highest BCUT2D eigenvalue weighted by Gasteiger charge is 2.39. The topological polar surface area (TPSA) is 83.7 Å². The maximum Gasteiger partial charge on any atom is 0.244 e. The standard InChI is InChI=1S/C17H26ClN3O3S.ClH/c1-3-17(4-2,13-19)16(22)20-9-11-21(12-10-20)25(23,24)15-8-6-5-7-14(15)18;/h5-8H,3-4,9-13,19H2,1-2H3;1H. The molecule has 0 saturated carbocycles. The molecule has 1 fully saturated rings. The molecule has 0 spiro atoms. The summed E-state index contributed by atoms with van der Waals surface area (Å²) in [6, 6.07) is 6.41. The first-order valence-corrected chi connectivity index (χ1v) is 10.4. The Balaban J connectivity index is 0.00000338. The van der Waals surface area contributed by atoms with Gasteiger partial charge in [0.2, 0.25) is 15.9 Å². The summed E-state index contributed by atoms with van der Waals surface area (Å²) in [5, 5.41) is 0.208. The monoisotopic (exact) mass is 423 g/mol. The Morgan fingerprint density at radius 1 is 1.15 bits per heavy atom. The van der Waals surface area contributed by atoms with Gasteiger partial charge in [-0.05, 0) is 25.0 Å². The number of carbonyl (C=O) groups excluding carboxylic acids is 1. The van der Waals surface area contributed by atoms with Gasteiger partial charge in [-0.25, -0.2) is 8.42 Å². The van der Waals surface area contributed by atoms with Crippen LogP contribution in [0.25, 0.3) is 0 Å². The normalized spacial score (nSPS) is 16.2. The zero-order valence-corrected chi connectivity index (χ0v) is 17.5. The van der Waals surface area contributed by atoms with Crippen LogP contribution in [0.1, 0.15) is 26.7 Å². The number of carbonyl (C=O) groups is 1. The molecule has 1 aliphatic heterocycles. The molecule has 2 rings (SSSR count). The molecule has 0 aromatic heterocycles. The number of amides is 1. The maximum atomic E-state index is 12.9. The molecule has 2 N–H and O–H groups in total. The van der Waals surface area contributed by atoms with Gasteiger partial charge in [-0.15, -0.1) is 12.4 Å². The van der Waals surface area contributed by atoms with E-state index < -0.39 is 15.4 Å². The van der Waals surface area contributed by atoms with Crippen molar-refractivity contribution in [2.75, 3.05) is 32.7 Å². The summed E-state index contributed by atoms with van der Waals surface area (Å²) in [4.78, 5) is 14.7. The van der Waals surface area contributed by atoms with E-state index in [9.17, 15) is 13.2 Å². The van der Waals surface area contributed by atoms with Gasteiger partial charge >= 0.3 is 0 Å². The summed E-state index contributed by atoms with van der Waals surface area (Å²) in [6.07, 6.45) is 1.36. The van der Waals surface area contributed by atoms with E-state index >= 15 is 0 Å². The maximum absolute atomic E-state index is 12.9. The van der Waals surface area contributed by atoms with E-state index in [0.717, 1.165) is 0 Å². The predicted octanol–water partition coefficient (Wildman–Crippen LogP) is 2.36. The molecule has 0 unspecified atom stereocenters.